The highest BCUT2D eigenvalue weighted by molar-refractivity contribution is 7.92. The van der Waals surface area contributed by atoms with Gasteiger partial charge in [0.15, 0.2) is 0 Å². The maximum absolute atomic E-state index is 13.8. The van der Waals surface area contributed by atoms with Crippen molar-refractivity contribution in [1.82, 2.24) is 9.78 Å². The molecule has 0 atom stereocenters. The lowest BCUT2D eigenvalue weighted by molar-refractivity contribution is -0.0384. The highest BCUT2D eigenvalue weighted by atomic mass is 32.2. The quantitative estimate of drug-likeness (QED) is 0.341. The van der Waals surface area contributed by atoms with Crippen molar-refractivity contribution in [3.8, 4) is 0 Å². The summed E-state index contributed by atoms with van der Waals surface area (Å²) in [7, 11) is -1.63. The number of piperidine rings is 1. The molecular formula is C30H37F2N5O3S. The molecule has 1 spiro atoms. The van der Waals surface area contributed by atoms with E-state index in [-0.39, 0.29) is 30.4 Å². The van der Waals surface area contributed by atoms with Gasteiger partial charge in [0.2, 0.25) is 15.9 Å². The molecule has 1 amide bonds. The summed E-state index contributed by atoms with van der Waals surface area (Å²) >= 11 is 0. The Kier molecular flexibility index (Phi) is 6.99. The molecule has 8 nitrogen and oxygen atoms in total. The lowest BCUT2D eigenvalue weighted by Gasteiger charge is -2.35. The van der Waals surface area contributed by atoms with E-state index in [1.807, 2.05) is 25.2 Å². The zero-order valence-electron chi connectivity index (χ0n) is 23.6. The summed E-state index contributed by atoms with van der Waals surface area (Å²) in [5, 5.41) is 8.56. The van der Waals surface area contributed by atoms with Crippen molar-refractivity contribution < 1.29 is 22.0 Å². The minimum absolute atomic E-state index is 0.0428. The second kappa shape index (κ2) is 10.3. The van der Waals surface area contributed by atoms with Crippen molar-refractivity contribution in [3.63, 3.8) is 0 Å². The van der Waals surface area contributed by atoms with Crippen LogP contribution in [0.15, 0.2) is 36.4 Å². The molecular weight excluding hydrogens is 548 g/mol. The molecule has 1 saturated heterocycles. The van der Waals surface area contributed by atoms with Crippen LogP contribution in [0.25, 0.3) is 10.9 Å². The van der Waals surface area contributed by atoms with Gasteiger partial charge >= 0.3 is 0 Å². The van der Waals surface area contributed by atoms with Gasteiger partial charge in [-0.05, 0) is 87.3 Å². The molecule has 2 N–H and O–H groups in total. The third kappa shape index (κ3) is 5.78. The number of hydrogen-bond donors (Lipinski definition) is 2. The fraction of sp³-hybridized carbons (Fsp3) is 0.533. The van der Waals surface area contributed by atoms with E-state index in [1.165, 1.54) is 12.8 Å². The van der Waals surface area contributed by atoms with Gasteiger partial charge in [-0.25, -0.2) is 17.2 Å². The van der Waals surface area contributed by atoms with Gasteiger partial charge < -0.3 is 10.2 Å². The van der Waals surface area contributed by atoms with Gasteiger partial charge in [-0.15, -0.1) is 0 Å². The second-order valence-electron chi connectivity index (χ2n) is 12.0. The Hall–Kier alpha value is -3.21. The van der Waals surface area contributed by atoms with E-state index < -0.39 is 15.9 Å². The van der Waals surface area contributed by atoms with E-state index in [4.69, 9.17) is 0 Å². The summed E-state index contributed by atoms with van der Waals surface area (Å²) in [5.41, 5.74) is 4.33. The molecule has 3 fully saturated rings. The lowest BCUT2D eigenvalue weighted by Crippen LogP contribution is -2.35. The molecule has 3 aromatic rings. The Bertz CT molecular complexity index is 1580. The number of halogens is 2. The molecule has 2 saturated carbocycles. The fourth-order valence-corrected chi connectivity index (χ4v) is 7.01. The highest BCUT2D eigenvalue weighted by Gasteiger charge is 2.44. The average molecular weight is 586 g/mol. The predicted octanol–water partition coefficient (Wildman–Crippen LogP) is 6.26. The van der Waals surface area contributed by atoms with Crippen molar-refractivity contribution >= 4 is 43.9 Å². The molecule has 0 unspecified atom stereocenters. The summed E-state index contributed by atoms with van der Waals surface area (Å²) in [6, 6.07) is 10.6. The minimum atomic E-state index is -3.47. The van der Waals surface area contributed by atoms with Crippen molar-refractivity contribution in [2.45, 2.75) is 70.1 Å². The zero-order chi connectivity index (χ0) is 29.0. The van der Waals surface area contributed by atoms with Gasteiger partial charge in [0.05, 0.1) is 33.9 Å². The number of hydrogen-bond acceptors (Lipinski definition) is 5. The number of aryl methyl sites for hydroxylation is 1. The smallest absolute Gasteiger partial charge is 0.257 e. The normalized spacial score (nSPS) is 20.3. The van der Waals surface area contributed by atoms with Crippen LogP contribution in [0.4, 0.5) is 25.8 Å². The molecule has 220 valence electrons. The molecule has 3 aliphatic rings. The van der Waals surface area contributed by atoms with Crippen LogP contribution in [0, 0.1) is 5.41 Å². The summed E-state index contributed by atoms with van der Waals surface area (Å²) in [4.78, 5) is 15.9. The molecule has 1 aliphatic heterocycles. The standard InChI is InChI=1S/C30H37F2N5O3S/c1-3-41(39,40)35-22-4-6-23(26(19-22)37-16-14-29(12-13-29)15-17-37)28(38)33-21-5-7-25-24(18-21)27(34-36(25)2)20-8-10-30(31,32)11-9-20/h4-7,18-20,35H,3,8-17H2,1-2H3,(H,33,38). The van der Waals surface area contributed by atoms with Gasteiger partial charge in [-0.3, -0.25) is 14.2 Å². The van der Waals surface area contributed by atoms with Crippen LogP contribution in [0.1, 0.15) is 80.3 Å². The first kappa shape index (κ1) is 27.9. The third-order valence-corrected chi connectivity index (χ3v) is 10.6. The Labute approximate surface area is 239 Å². The van der Waals surface area contributed by atoms with E-state index in [9.17, 15) is 22.0 Å². The minimum Gasteiger partial charge on any atom is -0.371 e. The number of aromatic nitrogens is 2. The first-order valence-electron chi connectivity index (χ1n) is 14.5. The van der Waals surface area contributed by atoms with Gasteiger partial charge in [0.1, 0.15) is 0 Å². The van der Waals surface area contributed by atoms with Crippen LogP contribution in [-0.4, -0.2) is 48.9 Å². The summed E-state index contributed by atoms with van der Waals surface area (Å²) < 4.78 is 56.5. The molecule has 6 rings (SSSR count). The monoisotopic (exact) mass is 585 g/mol. The van der Waals surface area contributed by atoms with Gasteiger partial charge in [-0.1, -0.05) is 0 Å². The van der Waals surface area contributed by atoms with E-state index in [0.717, 1.165) is 42.5 Å². The maximum Gasteiger partial charge on any atom is 0.257 e. The number of fused-ring (bicyclic) bond motifs is 1. The van der Waals surface area contributed by atoms with Crippen molar-refractivity contribution in [2.75, 3.05) is 33.8 Å². The Balaban J connectivity index is 1.28. The van der Waals surface area contributed by atoms with Gasteiger partial charge in [-0.2, -0.15) is 5.10 Å². The molecule has 2 aliphatic carbocycles. The second-order valence-corrected chi connectivity index (χ2v) is 14.1. The number of rotatable bonds is 7. The van der Waals surface area contributed by atoms with Gasteiger partial charge in [0, 0.05) is 50.0 Å². The molecule has 2 heterocycles. The van der Waals surface area contributed by atoms with Crippen molar-refractivity contribution in [3.05, 3.63) is 47.7 Å². The number of benzene rings is 2. The first-order valence-corrected chi connectivity index (χ1v) is 16.2. The Morgan fingerprint density at radius 2 is 1.68 bits per heavy atom. The van der Waals surface area contributed by atoms with Crippen LogP contribution < -0.4 is 14.9 Å². The number of sulfonamides is 1. The van der Waals surface area contributed by atoms with E-state index in [2.05, 4.69) is 20.0 Å². The van der Waals surface area contributed by atoms with Crippen LogP contribution in [0.5, 0.6) is 0 Å². The lowest BCUT2D eigenvalue weighted by atomic mass is 9.84. The largest absolute Gasteiger partial charge is 0.371 e. The molecule has 11 heteroatoms. The van der Waals surface area contributed by atoms with Crippen molar-refractivity contribution in [2.24, 2.45) is 12.5 Å². The van der Waals surface area contributed by atoms with Crippen LogP contribution in [0.2, 0.25) is 0 Å². The fourth-order valence-electron chi connectivity index (χ4n) is 6.38. The predicted molar refractivity (Wildman–Crippen MR) is 157 cm³/mol. The topological polar surface area (TPSA) is 96.3 Å². The Morgan fingerprint density at radius 3 is 2.34 bits per heavy atom. The molecule has 2 aromatic carbocycles. The number of alkyl halides is 2. The van der Waals surface area contributed by atoms with E-state index in [0.29, 0.717) is 40.9 Å². The number of carbonyl (C=O) groups excluding carboxylic acids is 1. The average Bonchev–Trinajstić information content (AvgIpc) is 3.62. The third-order valence-electron chi connectivity index (χ3n) is 9.26. The molecule has 0 radical (unpaired) electrons. The summed E-state index contributed by atoms with van der Waals surface area (Å²) in [5.74, 6) is -3.00. The number of amides is 1. The zero-order valence-corrected chi connectivity index (χ0v) is 24.4. The molecule has 0 bridgehead atoms. The Morgan fingerprint density at radius 1 is 1.00 bits per heavy atom. The number of carbonyl (C=O) groups is 1. The highest BCUT2D eigenvalue weighted by Crippen LogP contribution is 2.54. The van der Waals surface area contributed by atoms with Crippen LogP contribution in [-0.2, 0) is 17.1 Å². The number of nitrogens with one attached hydrogen (secondary N) is 2. The van der Waals surface area contributed by atoms with Gasteiger partial charge in [0.25, 0.3) is 5.91 Å². The first-order chi connectivity index (χ1) is 19.5. The summed E-state index contributed by atoms with van der Waals surface area (Å²) in [6.07, 6.45) is 5.11. The number of anilines is 3. The number of nitrogens with zero attached hydrogens (tertiary/aromatic N) is 3. The van der Waals surface area contributed by atoms with E-state index in [1.54, 1.807) is 29.8 Å². The van der Waals surface area contributed by atoms with Crippen LogP contribution in [0.3, 0.4) is 0 Å². The van der Waals surface area contributed by atoms with E-state index >= 15 is 0 Å². The SMILES string of the molecule is CCS(=O)(=O)Nc1ccc(C(=O)Nc2ccc3c(c2)c(C2CCC(F)(F)CC2)nn3C)c(N2CCC3(CC2)CC3)c1. The maximum atomic E-state index is 13.8. The molecule has 41 heavy (non-hydrogen) atoms. The van der Waals surface area contributed by atoms with Crippen molar-refractivity contribution in [1.29, 1.82) is 0 Å². The molecule has 1 aromatic heterocycles. The summed E-state index contributed by atoms with van der Waals surface area (Å²) in [6.45, 7) is 3.21. The van der Waals surface area contributed by atoms with Crippen LogP contribution >= 0.6 is 0 Å².